The first-order valence-electron chi connectivity index (χ1n) is 9.05. The van der Waals surface area contributed by atoms with E-state index in [1.165, 1.54) is 12.8 Å². The van der Waals surface area contributed by atoms with Crippen molar-refractivity contribution in [2.24, 2.45) is 5.92 Å². The Hall–Kier alpha value is -0.560. The molecule has 0 aromatic carbocycles. The number of carbonyl (C=O) groups excluding carboxylic acids is 2. The molecule has 25 heavy (non-hydrogen) atoms. The van der Waals surface area contributed by atoms with Crippen LogP contribution < -0.4 is 10.6 Å². The number of hydrogen-bond acceptors (Lipinski definition) is 4. The van der Waals surface area contributed by atoms with E-state index in [9.17, 15) is 9.59 Å². The van der Waals surface area contributed by atoms with Crippen molar-refractivity contribution >= 4 is 36.6 Å². The number of hydrogen-bond donors (Lipinski definition) is 2. The number of piperazine rings is 1. The van der Waals surface area contributed by atoms with E-state index in [0.717, 1.165) is 45.7 Å². The maximum absolute atomic E-state index is 12.3. The van der Waals surface area contributed by atoms with Gasteiger partial charge in [0.05, 0.1) is 6.54 Å². The third-order valence-corrected chi connectivity index (χ3v) is 4.77. The van der Waals surface area contributed by atoms with E-state index in [0.29, 0.717) is 18.9 Å². The van der Waals surface area contributed by atoms with Crippen LogP contribution in [0.1, 0.15) is 39.5 Å². The summed E-state index contributed by atoms with van der Waals surface area (Å²) >= 11 is 0. The summed E-state index contributed by atoms with van der Waals surface area (Å²) in [5, 5.41) is 6.28. The second-order valence-electron chi connectivity index (χ2n) is 7.11. The predicted octanol–water partition coefficient (Wildman–Crippen LogP) is 1.28. The first-order valence-corrected chi connectivity index (χ1v) is 9.05. The Balaban J connectivity index is 0.00000288. The van der Waals surface area contributed by atoms with Gasteiger partial charge in [-0.05, 0) is 52.1 Å². The molecule has 0 radical (unpaired) electrons. The van der Waals surface area contributed by atoms with Gasteiger partial charge in [0.15, 0.2) is 0 Å². The van der Waals surface area contributed by atoms with Gasteiger partial charge in [-0.3, -0.25) is 14.5 Å². The summed E-state index contributed by atoms with van der Waals surface area (Å²) < 4.78 is 0. The molecule has 0 unspecified atom stereocenters. The first-order chi connectivity index (χ1) is 11.0. The summed E-state index contributed by atoms with van der Waals surface area (Å²) in [6.45, 7) is 9.66. The van der Waals surface area contributed by atoms with Crippen LogP contribution in [0.4, 0.5) is 0 Å². The third-order valence-electron chi connectivity index (χ3n) is 4.77. The molecule has 2 N–H and O–H groups in total. The second kappa shape index (κ2) is 12.7. The van der Waals surface area contributed by atoms with Gasteiger partial charge in [-0.15, -0.1) is 24.8 Å². The van der Waals surface area contributed by atoms with E-state index in [-0.39, 0.29) is 42.7 Å². The Morgan fingerprint density at radius 1 is 1.08 bits per heavy atom. The van der Waals surface area contributed by atoms with Gasteiger partial charge in [0, 0.05) is 38.6 Å². The fraction of sp³-hybridized carbons (Fsp3) is 0.882. The number of nitrogens with one attached hydrogen (secondary N) is 2. The van der Waals surface area contributed by atoms with Gasteiger partial charge >= 0.3 is 0 Å². The van der Waals surface area contributed by atoms with Crippen LogP contribution in [0.25, 0.3) is 0 Å². The van der Waals surface area contributed by atoms with E-state index < -0.39 is 0 Å². The smallest absolute Gasteiger partial charge is 0.234 e. The Morgan fingerprint density at radius 2 is 1.68 bits per heavy atom. The maximum Gasteiger partial charge on any atom is 0.234 e. The summed E-state index contributed by atoms with van der Waals surface area (Å²) in [5.41, 5.74) is 0. The number of nitrogens with zero attached hydrogens (tertiary/aromatic N) is 2. The molecule has 0 atom stereocenters. The number of rotatable bonds is 6. The monoisotopic (exact) mass is 396 g/mol. The summed E-state index contributed by atoms with van der Waals surface area (Å²) in [6.07, 6.45) is 4.11. The first kappa shape index (κ1) is 24.4. The van der Waals surface area contributed by atoms with E-state index in [1.54, 1.807) is 0 Å². The molecular formula is C17H34Cl2N4O2. The minimum absolute atomic E-state index is 0. The van der Waals surface area contributed by atoms with Crippen LogP contribution in [0.2, 0.25) is 0 Å². The Kier molecular flexibility index (Phi) is 12.5. The summed E-state index contributed by atoms with van der Waals surface area (Å²) in [6, 6.07) is 0.181. The van der Waals surface area contributed by atoms with Crippen molar-refractivity contribution in [2.45, 2.75) is 45.6 Å². The van der Waals surface area contributed by atoms with E-state index in [4.69, 9.17) is 0 Å². The molecule has 0 aromatic heterocycles. The Bertz CT molecular complexity index is 396. The van der Waals surface area contributed by atoms with Crippen LogP contribution in [0.15, 0.2) is 0 Å². The Labute approximate surface area is 164 Å². The molecule has 2 aliphatic heterocycles. The van der Waals surface area contributed by atoms with E-state index in [1.807, 2.05) is 18.7 Å². The molecule has 2 heterocycles. The van der Waals surface area contributed by atoms with Crippen LogP contribution in [-0.4, -0.2) is 73.5 Å². The van der Waals surface area contributed by atoms with Gasteiger partial charge in [0.1, 0.15) is 0 Å². The third kappa shape index (κ3) is 9.08. The number of halogens is 2. The molecule has 2 amide bonds. The number of amides is 2. The lowest BCUT2D eigenvalue weighted by molar-refractivity contribution is -0.133. The zero-order chi connectivity index (χ0) is 16.7. The van der Waals surface area contributed by atoms with Crippen molar-refractivity contribution in [3.05, 3.63) is 0 Å². The molecule has 0 bridgehead atoms. The van der Waals surface area contributed by atoms with Crippen LogP contribution in [0, 0.1) is 5.92 Å². The van der Waals surface area contributed by atoms with Gasteiger partial charge in [0.2, 0.25) is 11.8 Å². The largest absolute Gasteiger partial charge is 0.353 e. The van der Waals surface area contributed by atoms with Gasteiger partial charge in [-0.25, -0.2) is 0 Å². The van der Waals surface area contributed by atoms with Gasteiger partial charge in [-0.1, -0.05) is 0 Å². The SMILES string of the molecule is CC(C)NC(=O)CN1CCN(C(=O)CCC2CCNCC2)CC1.Cl.Cl. The molecule has 0 aromatic rings. The highest BCUT2D eigenvalue weighted by molar-refractivity contribution is 5.85. The summed E-state index contributed by atoms with van der Waals surface area (Å²) in [4.78, 5) is 28.2. The highest BCUT2D eigenvalue weighted by atomic mass is 35.5. The number of piperidine rings is 1. The van der Waals surface area contributed by atoms with Crippen LogP contribution in [0.3, 0.4) is 0 Å². The normalized spacial score (nSPS) is 19.1. The van der Waals surface area contributed by atoms with Crippen molar-refractivity contribution in [3.63, 3.8) is 0 Å². The fourth-order valence-electron chi connectivity index (χ4n) is 3.38. The van der Waals surface area contributed by atoms with Crippen LogP contribution >= 0.6 is 24.8 Å². The molecule has 2 fully saturated rings. The molecular weight excluding hydrogens is 363 g/mol. The fourth-order valence-corrected chi connectivity index (χ4v) is 3.38. The lowest BCUT2D eigenvalue weighted by Crippen LogP contribution is -2.51. The van der Waals surface area contributed by atoms with Crippen LogP contribution in [-0.2, 0) is 9.59 Å². The van der Waals surface area contributed by atoms with Crippen molar-refractivity contribution in [1.29, 1.82) is 0 Å². The molecule has 2 saturated heterocycles. The standard InChI is InChI=1S/C17H32N4O2.2ClH/c1-14(2)19-16(22)13-20-9-11-21(12-10-20)17(23)4-3-15-5-7-18-8-6-15;;/h14-15,18H,3-13H2,1-2H3,(H,19,22);2*1H. The van der Waals surface area contributed by atoms with Gasteiger partial charge in [-0.2, -0.15) is 0 Å². The molecule has 0 spiro atoms. The molecule has 0 aliphatic carbocycles. The molecule has 6 nitrogen and oxygen atoms in total. The van der Waals surface area contributed by atoms with Gasteiger partial charge < -0.3 is 15.5 Å². The molecule has 0 saturated carbocycles. The zero-order valence-corrected chi connectivity index (χ0v) is 17.1. The summed E-state index contributed by atoms with van der Waals surface area (Å²) in [5.74, 6) is 1.07. The molecule has 148 valence electrons. The topological polar surface area (TPSA) is 64.7 Å². The average Bonchev–Trinajstić information content (AvgIpc) is 2.53. The van der Waals surface area contributed by atoms with Gasteiger partial charge in [0.25, 0.3) is 0 Å². The lowest BCUT2D eigenvalue weighted by atomic mass is 9.93. The highest BCUT2D eigenvalue weighted by Crippen LogP contribution is 2.18. The number of carbonyl (C=O) groups is 2. The van der Waals surface area contributed by atoms with Crippen molar-refractivity contribution in [3.8, 4) is 0 Å². The van der Waals surface area contributed by atoms with Crippen molar-refractivity contribution in [2.75, 3.05) is 45.8 Å². The van der Waals surface area contributed by atoms with Crippen molar-refractivity contribution in [1.82, 2.24) is 20.4 Å². The van der Waals surface area contributed by atoms with Crippen LogP contribution in [0.5, 0.6) is 0 Å². The predicted molar refractivity (Wildman–Crippen MR) is 106 cm³/mol. The highest BCUT2D eigenvalue weighted by Gasteiger charge is 2.23. The maximum atomic E-state index is 12.3. The Morgan fingerprint density at radius 3 is 2.24 bits per heavy atom. The average molecular weight is 397 g/mol. The van der Waals surface area contributed by atoms with E-state index >= 15 is 0 Å². The molecule has 2 rings (SSSR count). The minimum Gasteiger partial charge on any atom is -0.353 e. The quantitative estimate of drug-likeness (QED) is 0.709. The molecule has 2 aliphatic rings. The minimum atomic E-state index is 0. The van der Waals surface area contributed by atoms with Crippen molar-refractivity contribution < 1.29 is 9.59 Å². The second-order valence-corrected chi connectivity index (χ2v) is 7.11. The zero-order valence-electron chi connectivity index (χ0n) is 15.5. The lowest BCUT2D eigenvalue weighted by Gasteiger charge is -2.35. The summed E-state index contributed by atoms with van der Waals surface area (Å²) in [7, 11) is 0. The van der Waals surface area contributed by atoms with E-state index in [2.05, 4.69) is 15.5 Å². The molecule has 8 heteroatoms.